The average Bonchev–Trinajstić information content (AvgIpc) is 2.68. The van der Waals surface area contributed by atoms with Gasteiger partial charge in [-0.3, -0.25) is 4.79 Å². The third kappa shape index (κ3) is 23.2. The monoisotopic (exact) mass is 394 g/mol. The van der Waals surface area contributed by atoms with Gasteiger partial charge in [0.1, 0.15) is 0 Å². The maximum absolute atomic E-state index is 10.8. The summed E-state index contributed by atoms with van der Waals surface area (Å²) in [6.45, 7) is 8.71. The predicted octanol–water partition coefficient (Wildman–Crippen LogP) is 1.84. The van der Waals surface area contributed by atoms with Crippen LogP contribution in [-0.2, 0) is 38.0 Å². The molecule has 0 fully saturated rings. The van der Waals surface area contributed by atoms with E-state index >= 15 is 0 Å². The van der Waals surface area contributed by atoms with E-state index in [1.54, 1.807) is 0 Å². The molecule has 0 radical (unpaired) electrons. The molecule has 162 valence electrons. The first-order valence-electron chi connectivity index (χ1n) is 9.84. The van der Waals surface area contributed by atoms with Crippen molar-refractivity contribution < 1.29 is 38.0 Å². The van der Waals surface area contributed by atoms with Gasteiger partial charge in [-0.1, -0.05) is 19.8 Å². The van der Waals surface area contributed by atoms with Crippen LogP contribution in [0.4, 0.5) is 0 Å². The lowest BCUT2D eigenvalue weighted by Crippen LogP contribution is -2.14. The summed E-state index contributed by atoms with van der Waals surface area (Å²) < 4.78 is 36.7. The third-order valence-electron chi connectivity index (χ3n) is 3.43. The van der Waals surface area contributed by atoms with Crippen LogP contribution in [0, 0.1) is 0 Å². The van der Waals surface area contributed by atoms with Crippen molar-refractivity contribution in [2.75, 3.05) is 86.4 Å². The topological polar surface area (TPSA) is 81.7 Å². The molecule has 0 aromatic rings. The molecule has 0 heterocycles. The summed E-state index contributed by atoms with van der Waals surface area (Å²) in [6, 6.07) is 0. The highest BCUT2D eigenvalue weighted by molar-refractivity contribution is 5.69. The van der Waals surface area contributed by atoms with Gasteiger partial charge in [-0.25, -0.2) is 0 Å². The van der Waals surface area contributed by atoms with Crippen LogP contribution in [0.15, 0.2) is 0 Å². The molecule has 0 aromatic carbocycles. The van der Waals surface area contributed by atoms with Crippen LogP contribution in [0.3, 0.4) is 0 Å². The minimum atomic E-state index is -0.273. The standard InChI is InChI=1S/C19H38O8/c1-3-4-5-7-22-9-11-24-13-15-26-17-18-27-16-14-25-12-10-23-8-6-19(20)21-2/h3-18H2,1-2H3. The zero-order chi connectivity index (χ0) is 19.8. The van der Waals surface area contributed by atoms with E-state index in [0.29, 0.717) is 72.7 Å². The Bertz CT molecular complexity index is 301. The van der Waals surface area contributed by atoms with Gasteiger partial charge in [0.05, 0.1) is 86.2 Å². The molecule has 0 aliphatic rings. The fourth-order valence-electron chi connectivity index (χ4n) is 1.91. The molecule has 0 saturated heterocycles. The SMILES string of the molecule is CCCCCOCCOCCOCCOCCOCCOCCC(=O)OC. The number of ether oxygens (including phenoxy) is 7. The second-order valence-electron chi connectivity index (χ2n) is 5.71. The molecule has 0 unspecified atom stereocenters. The second-order valence-corrected chi connectivity index (χ2v) is 5.71. The van der Waals surface area contributed by atoms with Crippen molar-refractivity contribution in [2.24, 2.45) is 0 Å². The molecule has 27 heavy (non-hydrogen) atoms. The van der Waals surface area contributed by atoms with Crippen LogP contribution in [-0.4, -0.2) is 92.4 Å². The van der Waals surface area contributed by atoms with Crippen molar-refractivity contribution in [3.05, 3.63) is 0 Å². The molecule has 0 spiro atoms. The molecule has 8 heteroatoms. The number of hydrogen-bond acceptors (Lipinski definition) is 8. The molecule has 0 aliphatic carbocycles. The van der Waals surface area contributed by atoms with Crippen molar-refractivity contribution >= 4 is 5.97 Å². The Kier molecular flexibility index (Phi) is 22.6. The Morgan fingerprint density at radius 2 is 0.926 bits per heavy atom. The van der Waals surface area contributed by atoms with Gasteiger partial charge in [-0.05, 0) is 6.42 Å². The van der Waals surface area contributed by atoms with Crippen LogP contribution in [0.25, 0.3) is 0 Å². The summed E-state index contributed by atoms with van der Waals surface area (Å²) in [5.74, 6) is -0.273. The molecule has 0 N–H and O–H groups in total. The number of carbonyl (C=O) groups excluding carboxylic acids is 1. The van der Waals surface area contributed by atoms with E-state index in [-0.39, 0.29) is 12.4 Å². The molecule has 8 nitrogen and oxygen atoms in total. The minimum Gasteiger partial charge on any atom is -0.469 e. The van der Waals surface area contributed by atoms with Gasteiger partial charge in [0.15, 0.2) is 0 Å². The van der Waals surface area contributed by atoms with Crippen LogP contribution < -0.4 is 0 Å². The molecule has 0 rings (SSSR count). The first-order valence-corrected chi connectivity index (χ1v) is 9.84. The van der Waals surface area contributed by atoms with Gasteiger partial charge in [0, 0.05) is 6.61 Å². The number of unbranched alkanes of at least 4 members (excludes halogenated alkanes) is 2. The van der Waals surface area contributed by atoms with Crippen LogP contribution in [0.5, 0.6) is 0 Å². The zero-order valence-corrected chi connectivity index (χ0v) is 17.1. The fourth-order valence-corrected chi connectivity index (χ4v) is 1.91. The van der Waals surface area contributed by atoms with E-state index in [0.717, 1.165) is 13.0 Å². The average molecular weight is 395 g/mol. The Morgan fingerprint density at radius 3 is 1.30 bits per heavy atom. The Morgan fingerprint density at radius 1 is 0.556 bits per heavy atom. The van der Waals surface area contributed by atoms with Gasteiger partial charge >= 0.3 is 5.97 Å². The quantitative estimate of drug-likeness (QED) is 0.203. The van der Waals surface area contributed by atoms with E-state index in [1.165, 1.54) is 20.0 Å². The lowest BCUT2D eigenvalue weighted by molar-refractivity contribution is -0.141. The first-order chi connectivity index (χ1) is 13.3. The number of methoxy groups -OCH3 is 1. The highest BCUT2D eigenvalue weighted by atomic mass is 16.6. The van der Waals surface area contributed by atoms with Crippen LogP contribution in [0.1, 0.15) is 32.6 Å². The summed E-state index contributed by atoms with van der Waals surface area (Å²) in [5, 5.41) is 0. The maximum atomic E-state index is 10.8. The molecule has 0 amide bonds. The fraction of sp³-hybridized carbons (Fsp3) is 0.947. The lowest BCUT2D eigenvalue weighted by Gasteiger charge is -2.08. The summed E-state index contributed by atoms with van der Waals surface area (Å²) in [6.07, 6.45) is 3.81. The van der Waals surface area contributed by atoms with Gasteiger partial charge in [-0.15, -0.1) is 0 Å². The lowest BCUT2D eigenvalue weighted by atomic mass is 10.3. The molecule has 0 aromatic heterocycles. The number of carbonyl (C=O) groups is 1. The number of hydrogen-bond donors (Lipinski definition) is 0. The first kappa shape index (κ1) is 26.2. The van der Waals surface area contributed by atoms with E-state index in [9.17, 15) is 4.79 Å². The van der Waals surface area contributed by atoms with Crippen molar-refractivity contribution in [1.82, 2.24) is 0 Å². The maximum Gasteiger partial charge on any atom is 0.307 e. The van der Waals surface area contributed by atoms with E-state index in [4.69, 9.17) is 28.4 Å². The molecule has 0 aliphatic heterocycles. The molecular formula is C19H38O8. The van der Waals surface area contributed by atoms with Crippen LogP contribution in [0.2, 0.25) is 0 Å². The van der Waals surface area contributed by atoms with Crippen molar-refractivity contribution in [2.45, 2.75) is 32.6 Å². The third-order valence-corrected chi connectivity index (χ3v) is 3.43. The largest absolute Gasteiger partial charge is 0.469 e. The summed E-state index contributed by atoms with van der Waals surface area (Å²) in [5.41, 5.74) is 0. The second kappa shape index (κ2) is 23.3. The summed E-state index contributed by atoms with van der Waals surface area (Å²) in [7, 11) is 1.36. The number of esters is 1. The molecular weight excluding hydrogens is 356 g/mol. The highest BCUT2D eigenvalue weighted by Crippen LogP contribution is 1.94. The highest BCUT2D eigenvalue weighted by Gasteiger charge is 1.99. The van der Waals surface area contributed by atoms with Crippen molar-refractivity contribution in [3.63, 3.8) is 0 Å². The summed E-state index contributed by atoms with van der Waals surface area (Å²) in [4.78, 5) is 10.8. The van der Waals surface area contributed by atoms with Gasteiger partial charge in [0.2, 0.25) is 0 Å². The van der Waals surface area contributed by atoms with E-state index in [1.807, 2.05) is 0 Å². The zero-order valence-electron chi connectivity index (χ0n) is 17.1. The Labute approximate surface area is 163 Å². The molecule has 0 saturated carbocycles. The predicted molar refractivity (Wildman–Crippen MR) is 101 cm³/mol. The Balaban J connectivity index is 3.00. The van der Waals surface area contributed by atoms with Gasteiger partial charge in [-0.2, -0.15) is 0 Å². The van der Waals surface area contributed by atoms with Crippen molar-refractivity contribution in [3.8, 4) is 0 Å². The van der Waals surface area contributed by atoms with E-state index in [2.05, 4.69) is 11.7 Å². The van der Waals surface area contributed by atoms with Gasteiger partial charge < -0.3 is 33.2 Å². The normalized spacial score (nSPS) is 11.0. The molecule has 0 atom stereocenters. The smallest absolute Gasteiger partial charge is 0.307 e. The van der Waals surface area contributed by atoms with Crippen LogP contribution >= 0.6 is 0 Å². The molecule has 0 bridgehead atoms. The number of rotatable bonds is 22. The Hall–Kier alpha value is -0.770. The van der Waals surface area contributed by atoms with E-state index < -0.39 is 0 Å². The van der Waals surface area contributed by atoms with Gasteiger partial charge in [0.25, 0.3) is 0 Å². The minimum absolute atomic E-state index is 0.261. The summed E-state index contributed by atoms with van der Waals surface area (Å²) >= 11 is 0. The van der Waals surface area contributed by atoms with Crippen molar-refractivity contribution in [1.29, 1.82) is 0 Å².